The first-order valence-electron chi connectivity index (χ1n) is 17.1. The molecule has 3 heterocycles. The van der Waals surface area contributed by atoms with Crippen LogP contribution >= 0.6 is 11.6 Å². The first kappa shape index (κ1) is 35.9. The summed E-state index contributed by atoms with van der Waals surface area (Å²) in [4.78, 5) is 42.9. The molecule has 0 radical (unpaired) electrons. The lowest BCUT2D eigenvalue weighted by Gasteiger charge is -2.44. The van der Waals surface area contributed by atoms with Gasteiger partial charge in [0, 0.05) is 34.8 Å². The number of nitrogens with one attached hydrogen (secondary N) is 2. The van der Waals surface area contributed by atoms with Crippen LogP contribution in [0.4, 0.5) is 5.69 Å². The van der Waals surface area contributed by atoms with Crippen LogP contribution in [-0.4, -0.2) is 86.4 Å². The van der Waals surface area contributed by atoms with Crippen LogP contribution in [0.2, 0.25) is 5.02 Å². The zero-order valence-electron chi connectivity index (χ0n) is 28.9. The topological polar surface area (TPSA) is 141 Å². The van der Waals surface area contributed by atoms with Crippen molar-refractivity contribution in [3.8, 4) is 5.69 Å². The van der Waals surface area contributed by atoms with Crippen LogP contribution in [0.5, 0.6) is 0 Å². The van der Waals surface area contributed by atoms with Crippen LogP contribution in [0.3, 0.4) is 0 Å². The van der Waals surface area contributed by atoms with Crippen LogP contribution in [0, 0.1) is 0 Å². The minimum Gasteiger partial charge on any atom is -0.456 e. The highest BCUT2D eigenvalue weighted by Gasteiger charge is 2.44. The Morgan fingerprint density at radius 1 is 0.980 bits per heavy atom. The van der Waals surface area contributed by atoms with E-state index in [1.807, 2.05) is 30.3 Å². The summed E-state index contributed by atoms with van der Waals surface area (Å²) in [6.45, 7) is 7.37. The van der Waals surface area contributed by atoms with Crippen molar-refractivity contribution in [2.24, 2.45) is 0 Å². The van der Waals surface area contributed by atoms with Crippen molar-refractivity contribution in [1.29, 1.82) is 0 Å². The van der Waals surface area contributed by atoms with Gasteiger partial charge in [-0.15, -0.1) is 5.10 Å². The third-order valence-corrected chi connectivity index (χ3v) is 9.10. The van der Waals surface area contributed by atoms with E-state index in [9.17, 15) is 14.4 Å². The highest BCUT2D eigenvalue weighted by atomic mass is 35.5. The molecule has 3 aromatic carbocycles. The molecule has 1 aromatic heterocycles. The van der Waals surface area contributed by atoms with Gasteiger partial charge in [-0.25, -0.2) is 4.79 Å². The van der Waals surface area contributed by atoms with Crippen molar-refractivity contribution in [2.75, 3.05) is 25.0 Å². The number of benzene rings is 3. The third-order valence-electron chi connectivity index (χ3n) is 8.86. The van der Waals surface area contributed by atoms with Gasteiger partial charge in [0.2, 0.25) is 11.8 Å². The van der Waals surface area contributed by atoms with E-state index in [0.29, 0.717) is 33.9 Å². The monoisotopic (exact) mass is 711 g/mol. The van der Waals surface area contributed by atoms with Gasteiger partial charge in [0.15, 0.2) is 0 Å². The number of amides is 2. The van der Waals surface area contributed by atoms with Gasteiger partial charge in [-0.3, -0.25) is 9.59 Å². The van der Waals surface area contributed by atoms with Crippen LogP contribution in [0.25, 0.3) is 11.8 Å². The molecule has 2 N–H and O–H groups in total. The van der Waals surface area contributed by atoms with Crippen LogP contribution < -0.4 is 10.6 Å². The van der Waals surface area contributed by atoms with Crippen LogP contribution in [0.15, 0.2) is 85.2 Å². The summed E-state index contributed by atoms with van der Waals surface area (Å²) in [7, 11) is 0. The Balaban J connectivity index is 1.32. The summed E-state index contributed by atoms with van der Waals surface area (Å²) in [6.07, 6.45) is 6.62. The molecule has 2 amide bonds. The van der Waals surface area contributed by atoms with Gasteiger partial charge in [0.05, 0.1) is 23.5 Å². The van der Waals surface area contributed by atoms with E-state index < -0.39 is 17.6 Å². The Hall–Kier alpha value is -4.91. The average Bonchev–Trinajstić information content (AvgIpc) is 3.66. The minimum atomic E-state index is -0.874. The molecule has 13 heteroatoms. The lowest BCUT2D eigenvalue weighted by molar-refractivity contribution is -0.145. The van der Waals surface area contributed by atoms with E-state index in [2.05, 4.69) is 26.2 Å². The fourth-order valence-corrected chi connectivity index (χ4v) is 6.73. The summed E-state index contributed by atoms with van der Waals surface area (Å²) < 4.78 is 13.6. The normalized spacial score (nSPS) is 19.9. The first-order chi connectivity index (χ1) is 24.5. The molecule has 0 spiro atoms. The summed E-state index contributed by atoms with van der Waals surface area (Å²) in [6, 6.07) is 20.6. The molecule has 51 heavy (non-hydrogen) atoms. The van der Waals surface area contributed by atoms with Crippen LogP contribution in [-0.2, 0) is 19.1 Å². The maximum absolute atomic E-state index is 14.4. The summed E-state index contributed by atoms with van der Waals surface area (Å²) in [5.41, 5.74) is 2.39. The smallest absolute Gasteiger partial charge is 0.338 e. The predicted octanol–water partition coefficient (Wildman–Crippen LogP) is 5.44. The van der Waals surface area contributed by atoms with E-state index in [0.717, 1.165) is 31.5 Å². The Morgan fingerprint density at radius 3 is 2.41 bits per heavy atom. The molecular formula is C38H42ClN7O5. The molecule has 3 atom stereocenters. The molecule has 2 aliphatic heterocycles. The van der Waals surface area contributed by atoms with E-state index in [1.54, 1.807) is 74.2 Å². The Morgan fingerprint density at radius 2 is 1.73 bits per heavy atom. The molecule has 0 unspecified atom stereocenters. The van der Waals surface area contributed by atoms with Gasteiger partial charge in [0.25, 0.3) is 0 Å². The molecule has 2 saturated heterocycles. The fourth-order valence-electron chi connectivity index (χ4n) is 6.55. The quantitative estimate of drug-likeness (QED) is 0.171. The van der Waals surface area contributed by atoms with Gasteiger partial charge in [0.1, 0.15) is 18.0 Å². The Labute approximate surface area is 302 Å². The Bertz CT molecular complexity index is 1840. The largest absolute Gasteiger partial charge is 0.456 e. The second-order valence-electron chi connectivity index (χ2n) is 13.8. The van der Waals surface area contributed by atoms with Crippen molar-refractivity contribution in [2.45, 2.75) is 69.8 Å². The molecule has 0 aliphatic carbocycles. The molecule has 0 bridgehead atoms. The number of nitrogens with zero attached hydrogens (tertiary/aromatic N) is 5. The maximum Gasteiger partial charge on any atom is 0.338 e. The predicted molar refractivity (Wildman–Crippen MR) is 194 cm³/mol. The number of hydrogen-bond donors (Lipinski definition) is 2. The van der Waals surface area contributed by atoms with E-state index in [1.165, 1.54) is 17.1 Å². The summed E-state index contributed by atoms with van der Waals surface area (Å²) >= 11 is 6.35. The van der Waals surface area contributed by atoms with Gasteiger partial charge in [-0.2, -0.15) is 4.68 Å². The number of aromatic nitrogens is 4. The number of piperidine rings is 2. The van der Waals surface area contributed by atoms with Crippen molar-refractivity contribution in [3.05, 3.63) is 107 Å². The fraction of sp³-hybridized carbons (Fsp3) is 0.368. The first-order valence-corrected chi connectivity index (χ1v) is 17.5. The lowest BCUT2D eigenvalue weighted by Crippen LogP contribution is -2.57. The number of carbonyl (C=O) groups excluding carboxylic acids is 3. The van der Waals surface area contributed by atoms with Crippen LogP contribution in [0.1, 0.15) is 67.4 Å². The third kappa shape index (κ3) is 9.26. The van der Waals surface area contributed by atoms with Gasteiger partial charge in [-0.1, -0.05) is 41.9 Å². The molecule has 12 nitrogen and oxygen atoms in total. The number of halogens is 1. The van der Waals surface area contributed by atoms with Gasteiger partial charge >= 0.3 is 5.97 Å². The number of anilines is 1. The van der Waals surface area contributed by atoms with Gasteiger partial charge < -0.3 is 25.0 Å². The highest BCUT2D eigenvalue weighted by molar-refractivity contribution is 6.30. The van der Waals surface area contributed by atoms with E-state index in [-0.39, 0.29) is 36.5 Å². The lowest BCUT2D eigenvalue weighted by atomic mass is 9.81. The number of tetrazole rings is 1. The zero-order valence-corrected chi connectivity index (χ0v) is 29.6. The van der Waals surface area contributed by atoms with Crippen molar-refractivity contribution >= 4 is 41.1 Å². The molecule has 2 aliphatic rings. The zero-order chi connectivity index (χ0) is 36.0. The molecule has 6 rings (SSSR count). The number of ether oxygens (including phenoxy) is 2. The highest BCUT2D eigenvalue weighted by Crippen LogP contribution is 2.36. The number of esters is 1. The number of hydrogen-bond acceptors (Lipinski definition) is 9. The number of carbonyl (C=O) groups is 3. The minimum absolute atomic E-state index is 0.0549. The SMILES string of the molecule is CC(C)(C)OC(=O)c1ccc(NC(=O)[C@@H]2[C@H](c3ccccc3)C[C@H](OC3CCNCC3)CN2C(=O)/C=C/c2cc(Cl)ccc2-n2cnnn2)cc1. The molecule has 266 valence electrons. The Kier molecular flexibility index (Phi) is 11.2. The van der Waals surface area contributed by atoms with E-state index in [4.69, 9.17) is 21.1 Å². The van der Waals surface area contributed by atoms with Crippen molar-refractivity contribution < 1.29 is 23.9 Å². The van der Waals surface area contributed by atoms with Gasteiger partial charge in [-0.05, 0) is 118 Å². The standard InChI is InChI=1S/C38H42ClN7O5/c1-38(2,3)51-37(49)26-9-13-29(14-10-26)42-36(48)35-32(25-7-5-4-6-8-25)22-31(50-30-17-19-40-20-18-30)23-45(35)34(47)16-11-27-21-28(39)12-15-33(27)46-24-41-43-44-46/h4-16,21,24,30-32,35,40H,17-20,22-23H2,1-3H3,(H,42,48)/b16-11+/t31-,32-,35-/m0/s1. The average molecular weight is 712 g/mol. The maximum atomic E-state index is 14.4. The molecule has 2 fully saturated rings. The number of likely N-dealkylation sites (tertiary alicyclic amines) is 1. The summed E-state index contributed by atoms with van der Waals surface area (Å²) in [5, 5.41) is 18.3. The number of rotatable bonds is 9. The second kappa shape index (κ2) is 16.0. The van der Waals surface area contributed by atoms with Crippen molar-refractivity contribution in [1.82, 2.24) is 30.4 Å². The molecular weight excluding hydrogens is 670 g/mol. The van der Waals surface area contributed by atoms with Crippen molar-refractivity contribution in [3.63, 3.8) is 0 Å². The summed E-state index contributed by atoms with van der Waals surface area (Å²) in [5.74, 6) is -1.54. The second-order valence-corrected chi connectivity index (χ2v) is 14.2. The van der Waals surface area contributed by atoms with E-state index >= 15 is 0 Å². The molecule has 4 aromatic rings. The molecule has 0 saturated carbocycles.